The molecule has 0 aromatic heterocycles. The lowest BCUT2D eigenvalue weighted by Crippen LogP contribution is -2.15. The molecule has 112 valence electrons. The van der Waals surface area contributed by atoms with Gasteiger partial charge in [-0.15, -0.1) is 0 Å². The van der Waals surface area contributed by atoms with Crippen molar-refractivity contribution in [2.24, 2.45) is 0 Å². The van der Waals surface area contributed by atoms with Crippen LogP contribution in [0.3, 0.4) is 0 Å². The zero-order chi connectivity index (χ0) is 15.8. The van der Waals surface area contributed by atoms with Crippen LogP contribution in [0.2, 0.25) is 0 Å². The molecule has 4 nitrogen and oxygen atoms in total. The van der Waals surface area contributed by atoms with Crippen molar-refractivity contribution in [2.45, 2.75) is 4.90 Å². The molecule has 0 bridgehead atoms. The van der Waals surface area contributed by atoms with Gasteiger partial charge in [-0.3, -0.25) is 4.72 Å². The number of rotatable bonds is 3. The first-order valence-corrected chi connectivity index (χ1v) is 6.92. The quantitative estimate of drug-likeness (QED) is 0.519. The van der Waals surface area contributed by atoms with Crippen molar-refractivity contribution in [3.05, 3.63) is 53.6 Å². The molecule has 0 spiro atoms. The summed E-state index contributed by atoms with van der Waals surface area (Å²) in [6.45, 7) is 0. The lowest BCUT2D eigenvalue weighted by Gasteiger charge is -2.10. The summed E-state index contributed by atoms with van der Waals surface area (Å²) in [5.41, 5.74) is 4.13. The van der Waals surface area contributed by atoms with E-state index in [0.717, 1.165) is 12.1 Å². The average molecular weight is 320 g/mol. The monoisotopic (exact) mass is 320 g/mol. The first kappa shape index (κ1) is 15.1. The molecule has 0 aliphatic rings. The zero-order valence-corrected chi connectivity index (χ0v) is 11.0. The van der Waals surface area contributed by atoms with Gasteiger partial charge in [0.2, 0.25) is 0 Å². The van der Waals surface area contributed by atoms with Gasteiger partial charge >= 0.3 is 0 Å². The van der Waals surface area contributed by atoms with Crippen LogP contribution in [0.1, 0.15) is 0 Å². The zero-order valence-electron chi connectivity index (χ0n) is 10.2. The molecule has 0 aliphatic carbocycles. The van der Waals surface area contributed by atoms with E-state index in [2.05, 4.69) is 0 Å². The van der Waals surface area contributed by atoms with Gasteiger partial charge in [-0.1, -0.05) is 0 Å². The van der Waals surface area contributed by atoms with E-state index in [9.17, 15) is 26.0 Å². The predicted molar refractivity (Wildman–Crippen MR) is 67.9 cm³/mol. The lowest BCUT2D eigenvalue weighted by molar-refractivity contribution is 0.449. The molecule has 0 amide bonds. The van der Waals surface area contributed by atoms with Crippen LogP contribution in [-0.4, -0.2) is 8.42 Å². The highest BCUT2D eigenvalue weighted by Crippen LogP contribution is 2.24. The summed E-state index contributed by atoms with van der Waals surface area (Å²) in [5.74, 6) is -5.97. The number of nitrogens with two attached hydrogens (primary N) is 1. The van der Waals surface area contributed by atoms with Gasteiger partial charge in [0.25, 0.3) is 10.0 Å². The number of halogens is 4. The highest BCUT2D eigenvalue weighted by molar-refractivity contribution is 7.92. The second-order valence-corrected chi connectivity index (χ2v) is 5.69. The SMILES string of the molecule is Nc1ccc(S(=O)(=O)Nc2ccc(F)c(F)c2F)cc1F. The fourth-order valence-electron chi connectivity index (χ4n) is 1.48. The van der Waals surface area contributed by atoms with Crippen LogP contribution in [0.4, 0.5) is 28.9 Å². The minimum Gasteiger partial charge on any atom is -0.396 e. The maximum absolute atomic E-state index is 13.4. The minimum absolute atomic E-state index is 0.270. The molecular weight excluding hydrogens is 312 g/mol. The number of nitrogens with one attached hydrogen (secondary N) is 1. The summed E-state index contributed by atoms with van der Waals surface area (Å²) < 4.78 is 78.0. The van der Waals surface area contributed by atoms with E-state index in [-0.39, 0.29) is 5.69 Å². The Morgan fingerprint density at radius 1 is 0.905 bits per heavy atom. The molecule has 0 unspecified atom stereocenters. The Kier molecular flexibility index (Phi) is 3.77. The molecule has 0 aliphatic heterocycles. The van der Waals surface area contributed by atoms with Crippen LogP contribution in [0, 0.1) is 23.3 Å². The molecular formula is C12H8F4N2O2S. The Morgan fingerprint density at radius 2 is 1.57 bits per heavy atom. The molecule has 0 atom stereocenters. The first-order chi connectivity index (χ1) is 9.72. The number of benzene rings is 2. The van der Waals surface area contributed by atoms with E-state index in [1.165, 1.54) is 0 Å². The van der Waals surface area contributed by atoms with Gasteiger partial charge in [0, 0.05) is 0 Å². The summed E-state index contributed by atoms with van der Waals surface area (Å²) in [5, 5.41) is 0. The molecule has 0 radical (unpaired) electrons. The molecule has 2 aromatic carbocycles. The Labute approximate surface area is 117 Å². The van der Waals surface area contributed by atoms with Crippen LogP contribution in [0.5, 0.6) is 0 Å². The van der Waals surface area contributed by atoms with E-state index in [4.69, 9.17) is 5.73 Å². The van der Waals surface area contributed by atoms with Gasteiger partial charge in [0.15, 0.2) is 17.5 Å². The van der Waals surface area contributed by atoms with Gasteiger partial charge < -0.3 is 5.73 Å². The van der Waals surface area contributed by atoms with Crippen LogP contribution < -0.4 is 10.5 Å². The molecule has 0 fully saturated rings. The van der Waals surface area contributed by atoms with Crippen LogP contribution in [-0.2, 0) is 10.0 Å². The third-order valence-corrected chi connectivity index (χ3v) is 3.92. The summed E-state index contributed by atoms with van der Waals surface area (Å²) in [7, 11) is -4.38. The topological polar surface area (TPSA) is 72.2 Å². The van der Waals surface area contributed by atoms with Crippen molar-refractivity contribution in [3.63, 3.8) is 0 Å². The van der Waals surface area contributed by atoms with Crippen molar-refractivity contribution < 1.29 is 26.0 Å². The second-order valence-electron chi connectivity index (χ2n) is 4.01. The summed E-state index contributed by atoms with van der Waals surface area (Å²) >= 11 is 0. The second kappa shape index (κ2) is 5.24. The summed E-state index contributed by atoms with van der Waals surface area (Å²) in [6.07, 6.45) is 0. The van der Waals surface area contributed by atoms with E-state index in [1.54, 1.807) is 4.72 Å². The third-order valence-electron chi connectivity index (χ3n) is 2.56. The van der Waals surface area contributed by atoms with Gasteiger partial charge in [-0.25, -0.2) is 26.0 Å². The lowest BCUT2D eigenvalue weighted by atomic mass is 10.3. The maximum Gasteiger partial charge on any atom is 0.262 e. The number of nitrogen functional groups attached to an aromatic ring is 1. The minimum atomic E-state index is -4.38. The Balaban J connectivity index is 2.42. The Morgan fingerprint density at radius 3 is 2.19 bits per heavy atom. The highest BCUT2D eigenvalue weighted by Gasteiger charge is 2.20. The number of anilines is 2. The van der Waals surface area contributed by atoms with Crippen LogP contribution in [0.15, 0.2) is 35.2 Å². The fourth-order valence-corrected chi connectivity index (χ4v) is 2.55. The molecule has 2 rings (SSSR count). The fraction of sp³-hybridized carbons (Fsp3) is 0. The van der Waals surface area contributed by atoms with E-state index < -0.39 is 43.9 Å². The number of hydrogen-bond acceptors (Lipinski definition) is 3. The van der Waals surface area contributed by atoms with Crippen molar-refractivity contribution in [1.29, 1.82) is 0 Å². The van der Waals surface area contributed by atoms with Gasteiger partial charge in [-0.05, 0) is 30.3 Å². The van der Waals surface area contributed by atoms with Crippen molar-refractivity contribution in [2.75, 3.05) is 10.5 Å². The standard InChI is InChI=1S/C12H8F4N2O2S/c13-7-2-4-10(12(16)11(7)15)18-21(19,20)6-1-3-9(17)8(14)5-6/h1-5,18H,17H2. The normalized spacial score (nSPS) is 11.4. The van der Waals surface area contributed by atoms with Gasteiger partial charge in [0.1, 0.15) is 5.82 Å². The Bertz CT molecular complexity index is 809. The van der Waals surface area contributed by atoms with E-state index >= 15 is 0 Å². The maximum atomic E-state index is 13.4. The molecule has 9 heteroatoms. The van der Waals surface area contributed by atoms with E-state index in [0.29, 0.717) is 18.2 Å². The van der Waals surface area contributed by atoms with Crippen molar-refractivity contribution >= 4 is 21.4 Å². The summed E-state index contributed by atoms with van der Waals surface area (Å²) in [6, 6.07) is 3.87. The van der Waals surface area contributed by atoms with Crippen molar-refractivity contribution in [1.82, 2.24) is 0 Å². The molecule has 0 heterocycles. The highest BCUT2D eigenvalue weighted by atomic mass is 32.2. The van der Waals surface area contributed by atoms with Gasteiger partial charge in [0.05, 0.1) is 16.3 Å². The predicted octanol–water partition coefficient (Wildman–Crippen LogP) is 2.63. The van der Waals surface area contributed by atoms with E-state index in [1.807, 2.05) is 0 Å². The largest absolute Gasteiger partial charge is 0.396 e. The average Bonchev–Trinajstić information content (AvgIpc) is 2.42. The smallest absolute Gasteiger partial charge is 0.262 e. The molecule has 3 N–H and O–H groups in total. The first-order valence-electron chi connectivity index (χ1n) is 5.43. The molecule has 0 saturated heterocycles. The number of sulfonamides is 1. The molecule has 21 heavy (non-hydrogen) atoms. The Hall–Kier alpha value is -2.29. The van der Waals surface area contributed by atoms with Gasteiger partial charge in [-0.2, -0.15) is 0 Å². The number of hydrogen-bond donors (Lipinski definition) is 2. The third kappa shape index (κ3) is 2.92. The summed E-state index contributed by atoms with van der Waals surface area (Å²) in [4.78, 5) is -0.543. The van der Waals surface area contributed by atoms with Crippen LogP contribution in [0.25, 0.3) is 0 Å². The van der Waals surface area contributed by atoms with Crippen LogP contribution >= 0.6 is 0 Å². The molecule has 0 saturated carbocycles. The molecule has 2 aromatic rings. The van der Waals surface area contributed by atoms with Crippen molar-refractivity contribution in [3.8, 4) is 0 Å².